The Morgan fingerprint density at radius 2 is 1.94 bits per heavy atom. The summed E-state index contributed by atoms with van der Waals surface area (Å²) in [6.07, 6.45) is 0. The van der Waals surface area contributed by atoms with Crippen molar-refractivity contribution >= 4 is 37.2 Å². The molecule has 0 aliphatic rings. The van der Waals surface area contributed by atoms with E-state index in [2.05, 4.69) is 5.32 Å². The average molecular weight is 282 g/mol. The van der Waals surface area contributed by atoms with Crippen LogP contribution in [0, 0.1) is 6.92 Å². The predicted molar refractivity (Wildman–Crippen MR) is 62.6 cm³/mol. The fourth-order valence-corrected chi connectivity index (χ4v) is 2.73. The van der Waals surface area contributed by atoms with Gasteiger partial charge in [0.15, 0.2) is 0 Å². The minimum absolute atomic E-state index is 0.0302. The quantitative estimate of drug-likeness (QED) is 0.843. The van der Waals surface area contributed by atoms with Crippen molar-refractivity contribution in [2.45, 2.75) is 11.8 Å². The van der Waals surface area contributed by atoms with Crippen molar-refractivity contribution < 1.29 is 13.2 Å². The normalized spacial score (nSPS) is 11.2. The molecule has 0 unspecified atom stereocenters. The Bertz CT molecular complexity index is 540. The molecule has 0 fully saturated rings. The van der Waals surface area contributed by atoms with Gasteiger partial charge in [-0.25, -0.2) is 8.42 Å². The molecule has 0 saturated carbocycles. The second-order valence-corrected chi connectivity index (χ2v) is 6.03. The summed E-state index contributed by atoms with van der Waals surface area (Å²) in [5.74, 6) is -0.402. The molecule has 1 rings (SSSR count). The smallest absolute Gasteiger partial charge is 0.262 e. The largest absolute Gasteiger partial charge is 0.355 e. The van der Waals surface area contributed by atoms with E-state index in [1.807, 2.05) is 0 Å². The summed E-state index contributed by atoms with van der Waals surface area (Å²) in [5.41, 5.74) is 0.672. The second kappa shape index (κ2) is 4.61. The molecule has 0 aromatic heterocycles. The summed E-state index contributed by atoms with van der Waals surface area (Å²) >= 11 is 5.80. The van der Waals surface area contributed by atoms with Gasteiger partial charge in [0.05, 0.1) is 5.02 Å². The molecular formula is C9H9Cl2NO3S. The van der Waals surface area contributed by atoms with Gasteiger partial charge in [0, 0.05) is 23.3 Å². The average Bonchev–Trinajstić information content (AvgIpc) is 2.18. The third kappa shape index (κ3) is 2.66. The molecule has 7 heteroatoms. The molecule has 0 saturated heterocycles. The van der Waals surface area contributed by atoms with Crippen LogP contribution in [0.2, 0.25) is 5.02 Å². The summed E-state index contributed by atoms with van der Waals surface area (Å²) < 4.78 is 22.4. The Balaban J connectivity index is 3.52. The second-order valence-electron chi connectivity index (χ2n) is 3.12. The van der Waals surface area contributed by atoms with Crippen LogP contribution >= 0.6 is 22.3 Å². The molecule has 1 N–H and O–H groups in total. The third-order valence-corrected chi connectivity index (χ3v) is 3.93. The molecule has 0 aliphatic heterocycles. The molecular weight excluding hydrogens is 273 g/mol. The molecule has 1 aromatic rings. The van der Waals surface area contributed by atoms with Gasteiger partial charge < -0.3 is 5.32 Å². The first-order valence-corrected chi connectivity index (χ1v) is 6.93. The number of aryl methyl sites for hydroxylation is 1. The fourth-order valence-electron chi connectivity index (χ4n) is 1.19. The highest BCUT2D eigenvalue weighted by Crippen LogP contribution is 2.29. The Kier molecular flexibility index (Phi) is 3.83. The Hall–Kier alpha value is -0.780. The molecule has 16 heavy (non-hydrogen) atoms. The number of carbonyl (C=O) groups is 1. The number of hydrogen-bond donors (Lipinski definition) is 1. The van der Waals surface area contributed by atoms with Gasteiger partial charge in [-0.3, -0.25) is 4.79 Å². The van der Waals surface area contributed by atoms with Gasteiger partial charge >= 0.3 is 0 Å². The standard InChI is InChI=1S/C9H9Cl2NO3S/c1-5-3-6(9(13)12-2)4-7(8(5)10)16(11,14)15/h3-4H,1-2H3,(H,12,13). The van der Waals surface area contributed by atoms with Crippen LogP contribution in [0.15, 0.2) is 17.0 Å². The van der Waals surface area contributed by atoms with Gasteiger partial charge in [0.1, 0.15) is 4.90 Å². The lowest BCUT2D eigenvalue weighted by Gasteiger charge is -2.07. The lowest BCUT2D eigenvalue weighted by atomic mass is 10.1. The van der Waals surface area contributed by atoms with E-state index in [0.717, 1.165) is 6.07 Å². The van der Waals surface area contributed by atoms with Gasteiger partial charge in [-0.15, -0.1) is 0 Å². The summed E-state index contributed by atoms with van der Waals surface area (Å²) in [5, 5.41) is 2.42. The van der Waals surface area contributed by atoms with Gasteiger partial charge in [0.25, 0.3) is 15.0 Å². The molecule has 4 nitrogen and oxygen atoms in total. The molecule has 0 bridgehead atoms. The van der Waals surface area contributed by atoms with Gasteiger partial charge in [-0.1, -0.05) is 11.6 Å². The van der Waals surface area contributed by atoms with Gasteiger partial charge in [-0.2, -0.15) is 0 Å². The van der Waals surface area contributed by atoms with E-state index in [1.165, 1.54) is 13.1 Å². The van der Waals surface area contributed by atoms with Crippen LogP contribution in [0.3, 0.4) is 0 Å². The zero-order valence-corrected chi connectivity index (χ0v) is 10.9. The van der Waals surface area contributed by atoms with Crippen LogP contribution in [0.1, 0.15) is 15.9 Å². The van der Waals surface area contributed by atoms with E-state index >= 15 is 0 Å². The molecule has 0 heterocycles. The molecule has 0 radical (unpaired) electrons. The Labute approximate surface area is 103 Å². The number of amides is 1. The van der Waals surface area contributed by atoms with Crippen molar-refractivity contribution in [1.82, 2.24) is 5.32 Å². The van der Waals surface area contributed by atoms with E-state index in [-0.39, 0.29) is 15.5 Å². The Morgan fingerprint density at radius 1 is 1.38 bits per heavy atom. The molecule has 88 valence electrons. The van der Waals surface area contributed by atoms with Crippen molar-refractivity contribution in [3.05, 3.63) is 28.3 Å². The summed E-state index contributed by atoms with van der Waals surface area (Å²) in [6, 6.07) is 2.64. The topological polar surface area (TPSA) is 63.2 Å². The maximum atomic E-state index is 11.4. The highest BCUT2D eigenvalue weighted by molar-refractivity contribution is 8.13. The number of benzene rings is 1. The van der Waals surface area contributed by atoms with Gasteiger partial charge in [-0.05, 0) is 24.6 Å². The lowest BCUT2D eigenvalue weighted by Crippen LogP contribution is -2.18. The van der Waals surface area contributed by atoms with Crippen molar-refractivity contribution in [2.24, 2.45) is 0 Å². The highest BCUT2D eigenvalue weighted by Gasteiger charge is 2.19. The maximum absolute atomic E-state index is 11.4. The van der Waals surface area contributed by atoms with Gasteiger partial charge in [0.2, 0.25) is 0 Å². The summed E-state index contributed by atoms with van der Waals surface area (Å²) in [7, 11) is 2.70. The first-order valence-electron chi connectivity index (χ1n) is 4.24. The number of halogens is 2. The monoisotopic (exact) mass is 281 g/mol. The first-order chi connectivity index (χ1) is 7.27. The molecule has 0 atom stereocenters. The lowest BCUT2D eigenvalue weighted by molar-refractivity contribution is 0.0963. The van der Waals surface area contributed by atoms with Crippen molar-refractivity contribution in [1.29, 1.82) is 0 Å². The van der Waals surface area contributed by atoms with E-state index in [1.54, 1.807) is 6.92 Å². The van der Waals surface area contributed by atoms with Crippen LogP contribution in [-0.4, -0.2) is 21.4 Å². The van der Waals surface area contributed by atoms with Crippen LogP contribution < -0.4 is 5.32 Å². The molecule has 0 spiro atoms. The third-order valence-electron chi connectivity index (χ3n) is 1.97. The van der Waals surface area contributed by atoms with Crippen molar-refractivity contribution in [3.63, 3.8) is 0 Å². The number of rotatable bonds is 2. The fraction of sp³-hybridized carbons (Fsp3) is 0.222. The number of hydrogen-bond acceptors (Lipinski definition) is 3. The molecule has 0 aliphatic carbocycles. The Morgan fingerprint density at radius 3 is 2.38 bits per heavy atom. The zero-order valence-electron chi connectivity index (χ0n) is 8.54. The zero-order chi connectivity index (χ0) is 12.5. The van der Waals surface area contributed by atoms with E-state index in [9.17, 15) is 13.2 Å². The van der Waals surface area contributed by atoms with Crippen molar-refractivity contribution in [3.8, 4) is 0 Å². The van der Waals surface area contributed by atoms with Crippen LogP contribution in [0.4, 0.5) is 0 Å². The number of carbonyl (C=O) groups excluding carboxylic acids is 1. The summed E-state index contributed by atoms with van der Waals surface area (Å²) in [4.78, 5) is 11.1. The van der Waals surface area contributed by atoms with Crippen molar-refractivity contribution in [2.75, 3.05) is 7.05 Å². The maximum Gasteiger partial charge on any atom is 0.262 e. The van der Waals surface area contributed by atoms with Crippen LogP contribution in [0.5, 0.6) is 0 Å². The van der Waals surface area contributed by atoms with Crippen LogP contribution in [-0.2, 0) is 9.05 Å². The molecule has 1 aromatic carbocycles. The molecule has 1 amide bonds. The van der Waals surface area contributed by atoms with E-state index < -0.39 is 15.0 Å². The number of nitrogens with one attached hydrogen (secondary N) is 1. The SMILES string of the molecule is CNC(=O)c1cc(C)c(Cl)c(S(=O)(=O)Cl)c1. The summed E-state index contributed by atoms with van der Waals surface area (Å²) in [6.45, 7) is 1.60. The van der Waals surface area contributed by atoms with E-state index in [0.29, 0.717) is 5.56 Å². The minimum Gasteiger partial charge on any atom is -0.355 e. The minimum atomic E-state index is -3.96. The first kappa shape index (κ1) is 13.3. The highest BCUT2D eigenvalue weighted by atomic mass is 35.7. The van der Waals surface area contributed by atoms with Crippen LogP contribution in [0.25, 0.3) is 0 Å². The predicted octanol–water partition coefficient (Wildman–Crippen LogP) is 1.94. The van der Waals surface area contributed by atoms with E-state index in [4.69, 9.17) is 22.3 Å².